The maximum Gasteiger partial charge on any atom is 0.170 e. The van der Waals surface area contributed by atoms with E-state index in [1.807, 2.05) is 24.3 Å². The summed E-state index contributed by atoms with van der Waals surface area (Å²) in [6.07, 6.45) is 0. The molecule has 0 bridgehead atoms. The van der Waals surface area contributed by atoms with E-state index in [2.05, 4.69) is 64.8 Å². The third-order valence-corrected chi connectivity index (χ3v) is 5.36. The van der Waals surface area contributed by atoms with Crippen LogP contribution in [0.4, 0.5) is 0 Å². The minimum atomic E-state index is 0.0190. The first-order valence-electron chi connectivity index (χ1n) is 9.06. The van der Waals surface area contributed by atoms with E-state index in [0.717, 1.165) is 24.0 Å². The van der Waals surface area contributed by atoms with Crippen LogP contribution in [0.2, 0.25) is 0 Å². The molecule has 0 aliphatic carbocycles. The second-order valence-electron chi connectivity index (χ2n) is 6.66. The number of nitrogens with one attached hydrogen (secondary N) is 1. The SMILES string of the molecule is COc1cccc2c1CN(C(=S)NC(c1ccccc1)c1ccccc1)C2. The molecule has 3 aromatic rings. The highest BCUT2D eigenvalue weighted by molar-refractivity contribution is 7.80. The number of ether oxygens (including phenoxy) is 1. The summed E-state index contributed by atoms with van der Waals surface area (Å²) in [6.45, 7) is 1.57. The van der Waals surface area contributed by atoms with E-state index >= 15 is 0 Å². The molecule has 0 saturated carbocycles. The molecule has 1 N–H and O–H groups in total. The largest absolute Gasteiger partial charge is 0.496 e. The molecule has 1 heterocycles. The Labute approximate surface area is 165 Å². The van der Waals surface area contributed by atoms with Gasteiger partial charge in [-0.15, -0.1) is 0 Å². The molecule has 0 amide bonds. The molecule has 4 rings (SSSR count). The molecule has 4 heteroatoms. The van der Waals surface area contributed by atoms with Crippen molar-refractivity contribution in [1.29, 1.82) is 0 Å². The fourth-order valence-corrected chi connectivity index (χ4v) is 3.84. The van der Waals surface area contributed by atoms with Crippen molar-refractivity contribution in [3.63, 3.8) is 0 Å². The number of nitrogens with zero attached hydrogens (tertiary/aromatic N) is 1. The number of hydrogen-bond donors (Lipinski definition) is 1. The van der Waals surface area contributed by atoms with Crippen LogP contribution in [0.25, 0.3) is 0 Å². The van der Waals surface area contributed by atoms with Gasteiger partial charge in [0, 0.05) is 18.7 Å². The van der Waals surface area contributed by atoms with E-state index < -0.39 is 0 Å². The third kappa shape index (κ3) is 3.67. The lowest BCUT2D eigenvalue weighted by Crippen LogP contribution is -2.38. The molecule has 0 saturated heterocycles. The topological polar surface area (TPSA) is 24.5 Å². The van der Waals surface area contributed by atoms with Gasteiger partial charge in [0.15, 0.2) is 5.11 Å². The first kappa shape index (κ1) is 17.6. The van der Waals surface area contributed by atoms with Crippen LogP contribution in [-0.4, -0.2) is 17.1 Å². The van der Waals surface area contributed by atoms with Crippen LogP contribution in [-0.2, 0) is 13.1 Å². The Bertz CT molecular complexity index is 888. The summed E-state index contributed by atoms with van der Waals surface area (Å²) in [5.41, 5.74) is 4.88. The highest BCUT2D eigenvalue weighted by Crippen LogP contribution is 2.31. The molecule has 0 atom stereocenters. The normalized spacial score (nSPS) is 12.7. The van der Waals surface area contributed by atoms with E-state index in [9.17, 15) is 0 Å². The van der Waals surface area contributed by atoms with Gasteiger partial charge >= 0.3 is 0 Å². The zero-order valence-electron chi connectivity index (χ0n) is 15.3. The fourth-order valence-electron chi connectivity index (χ4n) is 3.59. The van der Waals surface area contributed by atoms with Crippen molar-refractivity contribution >= 4 is 17.3 Å². The van der Waals surface area contributed by atoms with Gasteiger partial charge < -0.3 is 15.0 Å². The lowest BCUT2D eigenvalue weighted by atomic mass is 9.99. The number of benzene rings is 3. The van der Waals surface area contributed by atoms with Gasteiger partial charge in [-0.1, -0.05) is 72.8 Å². The lowest BCUT2D eigenvalue weighted by molar-refractivity contribution is 0.397. The zero-order chi connectivity index (χ0) is 18.6. The molecule has 0 fully saturated rings. The number of fused-ring (bicyclic) bond motifs is 1. The van der Waals surface area contributed by atoms with Crippen molar-refractivity contribution in [2.45, 2.75) is 19.1 Å². The summed E-state index contributed by atoms with van der Waals surface area (Å²) in [5.74, 6) is 0.931. The standard InChI is InChI=1S/C23H22N2OS/c1-26-21-14-8-13-19-15-25(16-20(19)21)23(27)24-22(17-9-4-2-5-10-17)18-11-6-3-7-12-18/h2-14,22H,15-16H2,1H3,(H,24,27). The quantitative estimate of drug-likeness (QED) is 0.671. The number of rotatable bonds is 4. The second-order valence-corrected chi connectivity index (χ2v) is 7.04. The van der Waals surface area contributed by atoms with Gasteiger partial charge in [-0.05, 0) is 35.0 Å². The molecule has 3 aromatic carbocycles. The molecule has 0 aromatic heterocycles. The van der Waals surface area contributed by atoms with Crippen LogP contribution in [0.5, 0.6) is 5.75 Å². The summed E-state index contributed by atoms with van der Waals surface area (Å²) >= 11 is 5.79. The highest BCUT2D eigenvalue weighted by Gasteiger charge is 2.25. The summed E-state index contributed by atoms with van der Waals surface area (Å²) in [5, 5.41) is 4.34. The molecule has 1 aliphatic heterocycles. The van der Waals surface area contributed by atoms with Crippen molar-refractivity contribution < 1.29 is 4.74 Å². The molecular formula is C23H22N2OS. The summed E-state index contributed by atoms with van der Waals surface area (Å²) in [6, 6.07) is 27.1. The van der Waals surface area contributed by atoms with Gasteiger partial charge in [0.25, 0.3) is 0 Å². The Morgan fingerprint density at radius 1 is 0.889 bits per heavy atom. The smallest absolute Gasteiger partial charge is 0.170 e. The van der Waals surface area contributed by atoms with Gasteiger partial charge in [0.05, 0.1) is 13.2 Å². The van der Waals surface area contributed by atoms with Crippen molar-refractivity contribution in [2.75, 3.05) is 7.11 Å². The van der Waals surface area contributed by atoms with Gasteiger partial charge in [-0.2, -0.15) is 0 Å². The summed E-state index contributed by atoms with van der Waals surface area (Å²) in [4.78, 5) is 2.20. The molecule has 3 nitrogen and oxygen atoms in total. The maximum absolute atomic E-state index is 5.79. The van der Waals surface area contributed by atoms with Gasteiger partial charge in [-0.3, -0.25) is 0 Å². The molecule has 136 valence electrons. The maximum atomic E-state index is 5.79. The monoisotopic (exact) mass is 374 g/mol. The van der Waals surface area contributed by atoms with Crippen LogP contribution >= 0.6 is 12.2 Å². The van der Waals surface area contributed by atoms with E-state index in [0.29, 0.717) is 0 Å². The first-order valence-corrected chi connectivity index (χ1v) is 9.47. The average molecular weight is 375 g/mol. The molecule has 0 unspecified atom stereocenters. The predicted octanol–water partition coefficient (Wildman–Crippen LogP) is 4.67. The summed E-state index contributed by atoms with van der Waals surface area (Å²) in [7, 11) is 1.72. The fraction of sp³-hybridized carbons (Fsp3) is 0.174. The molecule has 27 heavy (non-hydrogen) atoms. The predicted molar refractivity (Wildman–Crippen MR) is 113 cm³/mol. The minimum Gasteiger partial charge on any atom is -0.496 e. The van der Waals surface area contributed by atoms with E-state index in [1.165, 1.54) is 22.3 Å². The average Bonchev–Trinajstić information content (AvgIpc) is 3.18. The van der Waals surface area contributed by atoms with Crippen molar-refractivity contribution in [3.05, 3.63) is 101 Å². The first-order chi connectivity index (χ1) is 13.3. The zero-order valence-corrected chi connectivity index (χ0v) is 16.1. The van der Waals surface area contributed by atoms with Crippen LogP contribution in [0.1, 0.15) is 28.3 Å². The van der Waals surface area contributed by atoms with Crippen LogP contribution < -0.4 is 10.1 Å². The molecule has 0 spiro atoms. The second kappa shape index (κ2) is 7.80. The van der Waals surface area contributed by atoms with Crippen LogP contribution in [0, 0.1) is 0 Å². The van der Waals surface area contributed by atoms with E-state index in [4.69, 9.17) is 17.0 Å². The lowest BCUT2D eigenvalue weighted by Gasteiger charge is -2.26. The van der Waals surface area contributed by atoms with Gasteiger partial charge in [0.2, 0.25) is 0 Å². The van der Waals surface area contributed by atoms with Gasteiger partial charge in [-0.25, -0.2) is 0 Å². The van der Waals surface area contributed by atoms with Crippen molar-refractivity contribution in [1.82, 2.24) is 10.2 Å². The van der Waals surface area contributed by atoms with E-state index in [-0.39, 0.29) is 6.04 Å². The Kier molecular flexibility index (Phi) is 5.07. The summed E-state index contributed by atoms with van der Waals surface area (Å²) < 4.78 is 5.51. The molecule has 1 aliphatic rings. The van der Waals surface area contributed by atoms with E-state index in [1.54, 1.807) is 7.11 Å². The minimum absolute atomic E-state index is 0.0190. The Morgan fingerprint density at radius 2 is 1.52 bits per heavy atom. The molecular weight excluding hydrogens is 352 g/mol. The van der Waals surface area contributed by atoms with Gasteiger partial charge in [0.1, 0.15) is 5.75 Å². The van der Waals surface area contributed by atoms with Crippen molar-refractivity contribution in [3.8, 4) is 5.75 Å². The number of hydrogen-bond acceptors (Lipinski definition) is 2. The third-order valence-electron chi connectivity index (χ3n) is 4.98. The highest BCUT2D eigenvalue weighted by atomic mass is 32.1. The Balaban J connectivity index is 1.57. The number of methoxy groups -OCH3 is 1. The van der Waals surface area contributed by atoms with Crippen molar-refractivity contribution in [2.24, 2.45) is 0 Å². The Hall–Kier alpha value is -2.85. The number of thiocarbonyl (C=S) groups is 1. The van der Waals surface area contributed by atoms with Crippen LogP contribution in [0.3, 0.4) is 0 Å². The van der Waals surface area contributed by atoms with Crippen LogP contribution in [0.15, 0.2) is 78.9 Å². The molecule has 0 radical (unpaired) electrons. The Morgan fingerprint density at radius 3 is 2.11 bits per heavy atom.